The summed E-state index contributed by atoms with van der Waals surface area (Å²) in [5.74, 6) is 0.765. The Morgan fingerprint density at radius 2 is 2.17 bits per heavy atom. The van der Waals surface area contributed by atoms with E-state index in [0.29, 0.717) is 13.2 Å². The maximum Gasteiger partial charge on any atom is 0.140 e. The van der Waals surface area contributed by atoms with E-state index >= 15 is 0 Å². The van der Waals surface area contributed by atoms with Crippen LogP contribution in [0.3, 0.4) is 0 Å². The number of rotatable bonds is 5. The molecule has 0 radical (unpaired) electrons. The first kappa shape index (κ1) is 13.0. The Hall–Kier alpha value is -1.46. The van der Waals surface area contributed by atoms with Crippen LogP contribution in [0.1, 0.15) is 21.3 Å². The van der Waals surface area contributed by atoms with Crippen LogP contribution in [0.15, 0.2) is 18.3 Å². The highest BCUT2D eigenvalue weighted by molar-refractivity contribution is 7.11. The predicted molar refractivity (Wildman–Crippen MR) is 72.9 cm³/mol. The Balaban J connectivity index is 1.93. The van der Waals surface area contributed by atoms with E-state index in [1.807, 2.05) is 19.1 Å². The molecule has 0 amide bonds. The highest BCUT2D eigenvalue weighted by Crippen LogP contribution is 2.18. The summed E-state index contributed by atoms with van der Waals surface area (Å²) >= 11 is 1.67. The van der Waals surface area contributed by atoms with Crippen LogP contribution in [0.2, 0.25) is 0 Å². The van der Waals surface area contributed by atoms with E-state index in [1.165, 1.54) is 4.88 Å². The average Bonchev–Trinajstić information content (AvgIpc) is 2.68. The molecule has 0 aliphatic heterocycles. The minimum absolute atomic E-state index is 0.497. The Morgan fingerprint density at radius 3 is 2.72 bits per heavy atom. The lowest BCUT2D eigenvalue weighted by molar-refractivity contribution is 0.304. The highest BCUT2D eigenvalue weighted by Gasteiger charge is 2.04. The first-order chi connectivity index (χ1) is 8.69. The molecule has 2 aromatic rings. The molecule has 5 heteroatoms. The first-order valence-electron chi connectivity index (χ1n) is 5.89. The van der Waals surface area contributed by atoms with Crippen LogP contribution in [0.25, 0.3) is 0 Å². The molecule has 0 fully saturated rings. The van der Waals surface area contributed by atoms with E-state index in [2.05, 4.69) is 16.9 Å². The van der Waals surface area contributed by atoms with Crippen molar-refractivity contribution in [3.8, 4) is 5.75 Å². The summed E-state index contributed by atoms with van der Waals surface area (Å²) in [6, 6.07) is 3.87. The molecule has 2 N–H and O–H groups in total. The van der Waals surface area contributed by atoms with Gasteiger partial charge in [0.25, 0.3) is 0 Å². The maximum atomic E-state index is 5.65. The summed E-state index contributed by atoms with van der Waals surface area (Å²) in [5, 5.41) is 0.996. The quantitative estimate of drug-likeness (QED) is 0.898. The maximum absolute atomic E-state index is 5.65. The molecule has 0 saturated carbocycles. The molecule has 0 bridgehead atoms. The van der Waals surface area contributed by atoms with Gasteiger partial charge in [0.15, 0.2) is 0 Å². The Labute approximate surface area is 111 Å². The van der Waals surface area contributed by atoms with E-state index in [0.717, 1.165) is 28.6 Å². The lowest BCUT2D eigenvalue weighted by Crippen LogP contribution is -2.04. The van der Waals surface area contributed by atoms with Crippen LogP contribution in [0.4, 0.5) is 0 Å². The van der Waals surface area contributed by atoms with Crippen molar-refractivity contribution < 1.29 is 4.74 Å². The molecule has 4 nitrogen and oxygen atoms in total. The van der Waals surface area contributed by atoms with Crippen molar-refractivity contribution in [3.05, 3.63) is 39.6 Å². The number of ether oxygens (including phenoxy) is 1. The zero-order chi connectivity index (χ0) is 13.0. The molecular formula is C13H17N3OS. The third-order valence-electron chi connectivity index (χ3n) is 2.63. The van der Waals surface area contributed by atoms with Crippen molar-refractivity contribution >= 4 is 11.3 Å². The number of aryl methyl sites for hydroxylation is 2. The number of thiazole rings is 1. The molecule has 0 spiro atoms. The molecule has 2 rings (SSSR count). The van der Waals surface area contributed by atoms with Crippen molar-refractivity contribution in [2.45, 2.75) is 26.9 Å². The van der Waals surface area contributed by atoms with Crippen molar-refractivity contribution in [1.29, 1.82) is 0 Å². The molecule has 0 aromatic carbocycles. The number of nitrogens with zero attached hydrogens (tertiary/aromatic N) is 2. The van der Waals surface area contributed by atoms with E-state index in [1.54, 1.807) is 17.5 Å². The minimum atomic E-state index is 0.497. The fraction of sp³-hybridized carbons (Fsp3) is 0.385. The molecule has 96 valence electrons. The van der Waals surface area contributed by atoms with E-state index in [-0.39, 0.29) is 0 Å². The lowest BCUT2D eigenvalue weighted by atomic mass is 10.3. The second kappa shape index (κ2) is 5.93. The lowest BCUT2D eigenvalue weighted by Gasteiger charge is -2.04. The molecule has 0 unspecified atom stereocenters. The summed E-state index contributed by atoms with van der Waals surface area (Å²) in [4.78, 5) is 9.95. The van der Waals surface area contributed by atoms with Crippen LogP contribution < -0.4 is 10.5 Å². The van der Waals surface area contributed by atoms with Gasteiger partial charge in [0.2, 0.25) is 0 Å². The van der Waals surface area contributed by atoms with Crippen LogP contribution >= 0.6 is 11.3 Å². The topological polar surface area (TPSA) is 61.0 Å². The normalized spacial score (nSPS) is 10.6. The summed E-state index contributed by atoms with van der Waals surface area (Å²) < 4.78 is 5.65. The van der Waals surface area contributed by atoms with E-state index in [9.17, 15) is 0 Å². The van der Waals surface area contributed by atoms with Gasteiger partial charge in [0, 0.05) is 17.0 Å². The number of nitrogens with two attached hydrogens (primary N) is 1. The predicted octanol–water partition coefficient (Wildman–Crippen LogP) is 2.24. The number of aromatic nitrogens is 2. The Kier molecular flexibility index (Phi) is 4.28. The largest absolute Gasteiger partial charge is 0.485 e. The van der Waals surface area contributed by atoms with Gasteiger partial charge in [-0.2, -0.15) is 0 Å². The number of hydrogen-bond donors (Lipinski definition) is 1. The molecule has 18 heavy (non-hydrogen) atoms. The fourth-order valence-corrected chi connectivity index (χ4v) is 2.39. The smallest absolute Gasteiger partial charge is 0.140 e. The standard InChI is InChI=1S/C13H17N3OS/c1-9-10(2)18-13(16-9)8-17-12-4-3-11(5-6-14)15-7-12/h3-4,7H,5-6,8,14H2,1-2H3. The zero-order valence-electron chi connectivity index (χ0n) is 10.6. The zero-order valence-corrected chi connectivity index (χ0v) is 11.5. The van der Waals surface area contributed by atoms with Gasteiger partial charge < -0.3 is 10.5 Å². The van der Waals surface area contributed by atoms with Crippen LogP contribution in [0, 0.1) is 13.8 Å². The van der Waals surface area contributed by atoms with E-state index < -0.39 is 0 Å². The van der Waals surface area contributed by atoms with Crippen molar-refractivity contribution in [2.75, 3.05) is 6.54 Å². The van der Waals surface area contributed by atoms with Gasteiger partial charge in [-0.25, -0.2) is 4.98 Å². The number of pyridine rings is 1. The first-order valence-corrected chi connectivity index (χ1v) is 6.71. The third kappa shape index (κ3) is 3.27. The second-order valence-corrected chi connectivity index (χ2v) is 5.35. The molecular weight excluding hydrogens is 246 g/mol. The molecule has 0 aliphatic rings. The molecule has 0 atom stereocenters. The Bertz CT molecular complexity index is 488. The van der Waals surface area contributed by atoms with Crippen molar-refractivity contribution in [2.24, 2.45) is 5.73 Å². The summed E-state index contributed by atoms with van der Waals surface area (Å²) in [6.45, 7) is 5.19. The van der Waals surface area contributed by atoms with Crippen LogP contribution in [0.5, 0.6) is 5.75 Å². The van der Waals surface area contributed by atoms with Crippen molar-refractivity contribution in [1.82, 2.24) is 9.97 Å². The van der Waals surface area contributed by atoms with Crippen LogP contribution in [-0.4, -0.2) is 16.5 Å². The minimum Gasteiger partial charge on any atom is -0.485 e. The van der Waals surface area contributed by atoms with Gasteiger partial charge in [0.1, 0.15) is 17.4 Å². The molecule has 2 heterocycles. The average molecular weight is 263 g/mol. The van der Waals surface area contributed by atoms with Gasteiger partial charge in [-0.3, -0.25) is 4.98 Å². The monoisotopic (exact) mass is 263 g/mol. The molecule has 0 aliphatic carbocycles. The van der Waals surface area contributed by atoms with Gasteiger partial charge in [-0.15, -0.1) is 11.3 Å². The van der Waals surface area contributed by atoms with Gasteiger partial charge in [-0.05, 0) is 32.5 Å². The SMILES string of the molecule is Cc1nc(COc2ccc(CCN)nc2)sc1C. The number of hydrogen-bond acceptors (Lipinski definition) is 5. The van der Waals surface area contributed by atoms with E-state index in [4.69, 9.17) is 10.5 Å². The van der Waals surface area contributed by atoms with Gasteiger partial charge in [0.05, 0.1) is 11.9 Å². The van der Waals surface area contributed by atoms with Crippen molar-refractivity contribution in [3.63, 3.8) is 0 Å². The second-order valence-electron chi connectivity index (χ2n) is 4.06. The fourth-order valence-electron chi connectivity index (χ4n) is 1.54. The third-order valence-corrected chi connectivity index (χ3v) is 3.68. The van der Waals surface area contributed by atoms with Gasteiger partial charge >= 0.3 is 0 Å². The molecule has 0 saturated heterocycles. The summed E-state index contributed by atoms with van der Waals surface area (Å²) in [7, 11) is 0. The molecule has 2 aromatic heterocycles. The van der Waals surface area contributed by atoms with Gasteiger partial charge in [-0.1, -0.05) is 0 Å². The Morgan fingerprint density at radius 1 is 1.33 bits per heavy atom. The summed E-state index contributed by atoms with van der Waals surface area (Å²) in [6.07, 6.45) is 2.53. The summed E-state index contributed by atoms with van der Waals surface area (Å²) in [5.41, 5.74) is 7.54. The highest BCUT2D eigenvalue weighted by atomic mass is 32.1. The van der Waals surface area contributed by atoms with Crippen LogP contribution in [-0.2, 0) is 13.0 Å².